The summed E-state index contributed by atoms with van der Waals surface area (Å²) in [5.74, 6) is 0. The zero-order valence-corrected chi connectivity index (χ0v) is 9.43. The van der Waals surface area contributed by atoms with Crippen LogP contribution in [-0.4, -0.2) is 45.0 Å². The van der Waals surface area contributed by atoms with Crippen LogP contribution in [0.5, 0.6) is 0 Å². The zero-order valence-electron chi connectivity index (χ0n) is 3.72. The Morgan fingerprint density at radius 3 is 1.71 bits per heavy atom. The molecule has 0 heterocycles. The van der Waals surface area contributed by atoms with Crippen LogP contribution in [0.2, 0.25) is 0 Å². The molecule has 0 spiro atoms. The van der Waals surface area contributed by atoms with Crippen LogP contribution in [0.3, 0.4) is 0 Å². The van der Waals surface area contributed by atoms with Crippen molar-refractivity contribution < 1.29 is 4.74 Å². The topological polar surface area (TPSA) is 9.23 Å². The van der Waals surface area contributed by atoms with E-state index in [2.05, 4.69) is 0 Å². The van der Waals surface area contributed by atoms with Crippen LogP contribution in [0, 0.1) is 0 Å². The van der Waals surface area contributed by atoms with Crippen molar-refractivity contribution >= 4 is 45.0 Å². The Kier molecular flexibility index (Phi) is 7.74. The van der Waals surface area contributed by atoms with Gasteiger partial charge in [-0.15, -0.1) is 0 Å². The molecular formula is C4H4OSn2. The van der Waals surface area contributed by atoms with E-state index in [1.807, 2.05) is 8.18 Å². The van der Waals surface area contributed by atoms with Crippen LogP contribution < -0.4 is 0 Å². The molecule has 0 unspecified atom stereocenters. The Morgan fingerprint density at radius 1 is 1.00 bits per heavy atom. The van der Waals surface area contributed by atoms with Crippen LogP contribution in [0.1, 0.15) is 0 Å². The summed E-state index contributed by atoms with van der Waals surface area (Å²) in [5, 5.41) is 0. The predicted molar refractivity (Wildman–Crippen MR) is 30.9 cm³/mol. The average molecular weight is 305 g/mol. The molecule has 0 aliphatic rings. The van der Waals surface area contributed by atoms with E-state index >= 15 is 0 Å². The van der Waals surface area contributed by atoms with E-state index in [1.165, 1.54) is 45.0 Å². The molecule has 0 aromatic carbocycles. The van der Waals surface area contributed by atoms with E-state index in [-0.39, 0.29) is 0 Å². The number of rotatable bonds is 2. The molecule has 0 rings (SSSR count). The molecule has 0 N–H and O–H groups in total. The molecule has 34 valence electrons. The van der Waals surface area contributed by atoms with Gasteiger partial charge in [0.25, 0.3) is 0 Å². The van der Waals surface area contributed by atoms with E-state index in [4.69, 9.17) is 4.74 Å². The Hall–Kier alpha value is 0.877. The first kappa shape index (κ1) is 7.88. The first-order valence-electron chi connectivity index (χ1n) is 1.72. The monoisotopic (exact) mass is 308 g/mol. The van der Waals surface area contributed by atoms with Crippen molar-refractivity contribution in [1.82, 2.24) is 0 Å². The Balaban J connectivity index is 2.98. The van der Waals surface area contributed by atoms with Gasteiger partial charge in [-0.1, -0.05) is 0 Å². The van der Waals surface area contributed by atoms with Gasteiger partial charge in [-0.2, -0.15) is 0 Å². The van der Waals surface area contributed by atoms with Crippen molar-refractivity contribution in [2.24, 2.45) is 0 Å². The molecule has 6 radical (unpaired) electrons. The number of ether oxygens (including phenoxy) is 1. The second-order valence-electron chi connectivity index (χ2n) is 0.742. The molecule has 0 bridgehead atoms. The van der Waals surface area contributed by atoms with Crippen LogP contribution in [0.4, 0.5) is 0 Å². The summed E-state index contributed by atoms with van der Waals surface area (Å²) in [4.78, 5) is 0. The Bertz CT molecular complexity index is 67.8. The third kappa shape index (κ3) is 6.88. The van der Waals surface area contributed by atoms with Crippen LogP contribution in [0.15, 0.2) is 20.7 Å². The third-order valence-electron chi connectivity index (χ3n) is 0.293. The summed E-state index contributed by atoms with van der Waals surface area (Å²) >= 11 is 2.74. The van der Waals surface area contributed by atoms with Crippen molar-refractivity contribution in [2.45, 2.75) is 0 Å². The fraction of sp³-hybridized carbons (Fsp3) is 0. The van der Waals surface area contributed by atoms with Crippen molar-refractivity contribution in [2.75, 3.05) is 0 Å². The first-order chi connectivity index (χ1) is 3.41. The predicted octanol–water partition coefficient (Wildman–Crippen LogP) is 0.282. The van der Waals surface area contributed by atoms with Crippen LogP contribution in [0.25, 0.3) is 0 Å². The molecule has 0 amide bonds. The van der Waals surface area contributed by atoms with Gasteiger partial charge in [-0.25, -0.2) is 0 Å². The minimum atomic E-state index is 1.37. The van der Waals surface area contributed by atoms with Crippen molar-refractivity contribution in [3.63, 3.8) is 0 Å². The van der Waals surface area contributed by atoms with E-state index in [0.717, 1.165) is 0 Å². The van der Waals surface area contributed by atoms with E-state index in [9.17, 15) is 0 Å². The standard InChI is InChI=1S/C4H4O.2Sn/c1-3-5-4-2;;/h1-4H;;. The van der Waals surface area contributed by atoms with Crippen molar-refractivity contribution in [3.05, 3.63) is 20.7 Å². The van der Waals surface area contributed by atoms with Gasteiger partial charge >= 0.3 is 70.5 Å². The van der Waals surface area contributed by atoms with Gasteiger partial charge in [0.1, 0.15) is 0 Å². The maximum absolute atomic E-state index is 4.82. The van der Waals surface area contributed by atoms with Gasteiger partial charge in [0.2, 0.25) is 0 Å². The third-order valence-corrected chi connectivity index (χ3v) is 1.07. The zero-order chi connectivity index (χ0) is 5.54. The molecule has 7 heavy (non-hydrogen) atoms. The summed E-state index contributed by atoms with van der Waals surface area (Å²) < 4.78 is 8.68. The molecule has 0 aliphatic heterocycles. The molecule has 1 nitrogen and oxygen atoms in total. The van der Waals surface area contributed by atoms with Gasteiger partial charge < -0.3 is 0 Å². The van der Waals surface area contributed by atoms with Crippen LogP contribution >= 0.6 is 0 Å². The molecule has 3 heteroatoms. The summed E-state index contributed by atoms with van der Waals surface area (Å²) in [7, 11) is 0. The normalized spacial score (nSPS) is 11.1. The molecule has 0 aromatic rings. The van der Waals surface area contributed by atoms with Crippen molar-refractivity contribution in [3.8, 4) is 0 Å². The number of hydrogen-bond donors (Lipinski definition) is 0. The van der Waals surface area contributed by atoms with Gasteiger partial charge in [-0.3, -0.25) is 0 Å². The second-order valence-corrected chi connectivity index (χ2v) is 2.64. The molecule has 0 atom stereocenters. The average Bonchev–Trinajstić information content (AvgIpc) is 1.69. The SMILES string of the molecule is [Sn][CH]=COC=[CH][Sn]. The molecule has 0 aliphatic carbocycles. The van der Waals surface area contributed by atoms with Gasteiger partial charge in [0, 0.05) is 0 Å². The fourth-order valence-electron chi connectivity index (χ4n) is 0.124. The van der Waals surface area contributed by atoms with E-state index in [0.29, 0.717) is 0 Å². The van der Waals surface area contributed by atoms with Crippen molar-refractivity contribution in [1.29, 1.82) is 0 Å². The molecule has 0 saturated heterocycles. The molecule has 0 aromatic heterocycles. The molecule has 0 fully saturated rings. The summed E-state index contributed by atoms with van der Waals surface area (Å²) in [6.45, 7) is 0. The summed E-state index contributed by atoms with van der Waals surface area (Å²) in [6, 6.07) is 0. The molecule has 0 saturated carbocycles. The Labute approximate surface area is 70.0 Å². The quantitative estimate of drug-likeness (QED) is 0.526. The number of hydrogen-bond acceptors (Lipinski definition) is 1. The summed E-state index contributed by atoms with van der Waals surface area (Å²) in [5.41, 5.74) is 0. The first-order valence-corrected chi connectivity index (χ1v) is 5.01. The van der Waals surface area contributed by atoms with Gasteiger partial charge in [0.15, 0.2) is 0 Å². The maximum atomic E-state index is 4.82. The summed E-state index contributed by atoms with van der Waals surface area (Å²) in [6.07, 6.45) is 3.36. The van der Waals surface area contributed by atoms with E-state index in [1.54, 1.807) is 12.5 Å². The van der Waals surface area contributed by atoms with E-state index < -0.39 is 0 Å². The fourth-order valence-corrected chi connectivity index (χ4v) is 0.572. The van der Waals surface area contributed by atoms with Gasteiger partial charge in [0.05, 0.1) is 0 Å². The molecular weight excluding hydrogens is 301 g/mol. The Morgan fingerprint density at radius 2 is 1.43 bits per heavy atom. The van der Waals surface area contributed by atoms with Crippen LogP contribution in [-0.2, 0) is 4.74 Å². The minimum absolute atomic E-state index is 1.37. The second kappa shape index (κ2) is 6.88. The van der Waals surface area contributed by atoms with Gasteiger partial charge in [-0.05, 0) is 0 Å².